The molecule has 0 saturated carbocycles. The molecule has 0 radical (unpaired) electrons. The lowest BCUT2D eigenvalue weighted by Gasteiger charge is -2.32. The van der Waals surface area contributed by atoms with Crippen LogP contribution in [0.1, 0.15) is 37.0 Å². The first-order chi connectivity index (χ1) is 16.6. The van der Waals surface area contributed by atoms with Crippen LogP contribution >= 0.6 is 11.8 Å². The van der Waals surface area contributed by atoms with Gasteiger partial charge in [0, 0.05) is 24.8 Å². The number of carbonyl (C=O) groups excluding carboxylic acids is 2. The molecule has 1 N–H and O–H groups in total. The lowest BCUT2D eigenvalue weighted by atomic mass is 10.0. The lowest BCUT2D eigenvalue weighted by Crippen LogP contribution is -2.52. The van der Waals surface area contributed by atoms with Crippen molar-refractivity contribution in [3.05, 3.63) is 108 Å². The minimum Gasteiger partial charge on any atom is -0.352 e. The fourth-order valence-electron chi connectivity index (χ4n) is 3.69. The standard InChI is InChI=1S/C29H34N2O2S/c1-3-23(2)30-29(33)27(19-24-13-7-4-8-14-24)31(20-25-15-9-5-10-16-25)28(32)22-34-21-26-17-11-6-12-18-26/h4-18,23,27H,3,19-22H2,1-2H3,(H,30,33)/t23-,27+/m0/s1. The zero-order valence-corrected chi connectivity index (χ0v) is 20.8. The van der Waals surface area contributed by atoms with Crippen molar-refractivity contribution in [2.24, 2.45) is 0 Å². The summed E-state index contributed by atoms with van der Waals surface area (Å²) in [6.07, 6.45) is 1.31. The third kappa shape index (κ3) is 8.07. The maximum Gasteiger partial charge on any atom is 0.243 e. The Hall–Kier alpha value is -3.05. The third-order valence-electron chi connectivity index (χ3n) is 5.80. The van der Waals surface area contributed by atoms with Crippen molar-refractivity contribution < 1.29 is 9.59 Å². The molecule has 3 rings (SSSR count). The highest BCUT2D eigenvalue weighted by molar-refractivity contribution is 7.99. The van der Waals surface area contributed by atoms with E-state index in [9.17, 15) is 9.59 Å². The molecule has 0 heterocycles. The molecule has 3 aromatic carbocycles. The maximum absolute atomic E-state index is 13.6. The van der Waals surface area contributed by atoms with Crippen molar-refractivity contribution in [2.75, 3.05) is 5.75 Å². The predicted octanol–water partition coefficient (Wildman–Crippen LogP) is 5.47. The molecule has 0 aromatic heterocycles. The third-order valence-corrected chi connectivity index (χ3v) is 6.79. The van der Waals surface area contributed by atoms with E-state index in [2.05, 4.69) is 17.4 Å². The topological polar surface area (TPSA) is 49.4 Å². The Morgan fingerprint density at radius 2 is 1.35 bits per heavy atom. The second-order valence-corrected chi connectivity index (χ2v) is 9.49. The van der Waals surface area contributed by atoms with Crippen LogP contribution in [0.25, 0.3) is 0 Å². The molecule has 0 fully saturated rings. The molecule has 2 amide bonds. The van der Waals surface area contributed by atoms with Crippen LogP contribution in [0.4, 0.5) is 0 Å². The van der Waals surface area contributed by atoms with E-state index < -0.39 is 6.04 Å². The summed E-state index contributed by atoms with van der Waals surface area (Å²) in [6.45, 7) is 4.44. The number of rotatable bonds is 12. The van der Waals surface area contributed by atoms with Crippen molar-refractivity contribution in [2.45, 2.75) is 51.1 Å². The van der Waals surface area contributed by atoms with Gasteiger partial charge in [-0.2, -0.15) is 0 Å². The summed E-state index contributed by atoms with van der Waals surface area (Å²) in [5.41, 5.74) is 3.23. The van der Waals surface area contributed by atoms with E-state index in [0.717, 1.165) is 23.3 Å². The van der Waals surface area contributed by atoms with Gasteiger partial charge < -0.3 is 10.2 Å². The van der Waals surface area contributed by atoms with Crippen LogP contribution in [0.2, 0.25) is 0 Å². The zero-order chi connectivity index (χ0) is 24.2. The molecule has 4 nitrogen and oxygen atoms in total. The predicted molar refractivity (Wildman–Crippen MR) is 141 cm³/mol. The average molecular weight is 475 g/mol. The van der Waals surface area contributed by atoms with E-state index in [1.807, 2.05) is 92.7 Å². The summed E-state index contributed by atoms with van der Waals surface area (Å²) in [6, 6.07) is 29.4. The molecule has 3 aromatic rings. The monoisotopic (exact) mass is 474 g/mol. The Bertz CT molecular complexity index is 1010. The smallest absolute Gasteiger partial charge is 0.243 e. The number of thioether (sulfide) groups is 1. The van der Waals surface area contributed by atoms with Gasteiger partial charge in [0.2, 0.25) is 11.8 Å². The van der Waals surface area contributed by atoms with Gasteiger partial charge in [0.05, 0.1) is 5.75 Å². The van der Waals surface area contributed by atoms with Gasteiger partial charge in [-0.25, -0.2) is 0 Å². The van der Waals surface area contributed by atoms with Crippen molar-refractivity contribution in [1.82, 2.24) is 10.2 Å². The summed E-state index contributed by atoms with van der Waals surface area (Å²) < 4.78 is 0. The van der Waals surface area contributed by atoms with Crippen LogP contribution in [0.5, 0.6) is 0 Å². The fraction of sp³-hybridized carbons (Fsp3) is 0.310. The second kappa shape index (κ2) is 13.6. The highest BCUT2D eigenvalue weighted by Crippen LogP contribution is 2.18. The molecule has 0 unspecified atom stereocenters. The average Bonchev–Trinajstić information content (AvgIpc) is 2.87. The van der Waals surface area contributed by atoms with E-state index in [-0.39, 0.29) is 17.9 Å². The van der Waals surface area contributed by atoms with Crippen LogP contribution in [0, 0.1) is 0 Å². The largest absolute Gasteiger partial charge is 0.352 e. The van der Waals surface area contributed by atoms with E-state index in [1.54, 1.807) is 16.7 Å². The van der Waals surface area contributed by atoms with E-state index in [4.69, 9.17) is 0 Å². The van der Waals surface area contributed by atoms with Gasteiger partial charge in [0.15, 0.2) is 0 Å². The van der Waals surface area contributed by atoms with E-state index >= 15 is 0 Å². The lowest BCUT2D eigenvalue weighted by molar-refractivity contribution is -0.139. The van der Waals surface area contributed by atoms with Crippen molar-refractivity contribution in [3.63, 3.8) is 0 Å². The van der Waals surface area contributed by atoms with Crippen molar-refractivity contribution >= 4 is 23.6 Å². The number of hydrogen-bond acceptors (Lipinski definition) is 3. The summed E-state index contributed by atoms with van der Waals surface area (Å²) in [7, 11) is 0. The quantitative estimate of drug-likeness (QED) is 0.378. The Kier molecular flexibility index (Phi) is 10.2. The van der Waals surface area contributed by atoms with E-state index in [1.165, 1.54) is 5.56 Å². The molecule has 178 valence electrons. The van der Waals surface area contributed by atoms with Crippen molar-refractivity contribution in [3.8, 4) is 0 Å². The van der Waals surface area contributed by atoms with Gasteiger partial charge in [-0.15, -0.1) is 11.8 Å². The molecule has 0 aliphatic carbocycles. The molecule has 5 heteroatoms. The van der Waals surface area contributed by atoms with Gasteiger partial charge in [0.25, 0.3) is 0 Å². The fourth-order valence-corrected chi connectivity index (χ4v) is 4.56. The van der Waals surface area contributed by atoms with Crippen LogP contribution < -0.4 is 5.32 Å². The number of carbonyl (C=O) groups is 2. The Labute approximate surface area is 207 Å². The van der Waals surface area contributed by atoms with Crippen LogP contribution in [0.15, 0.2) is 91.0 Å². The molecule has 0 bridgehead atoms. The molecule has 34 heavy (non-hydrogen) atoms. The minimum absolute atomic E-state index is 0.0231. The Balaban J connectivity index is 1.83. The summed E-state index contributed by atoms with van der Waals surface area (Å²) in [4.78, 5) is 28.8. The van der Waals surface area contributed by atoms with Crippen LogP contribution in [-0.2, 0) is 28.3 Å². The zero-order valence-electron chi connectivity index (χ0n) is 20.0. The van der Waals surface area contributed by atoms with Gasteiger partial charge >= 0.3 is 0 Å². The Morgan fingerprint density at radius 1 is 0.824 bits per heavy atom. The SMILES string of the molecule is CC[C@H](C)NC(=O)[C@@H](Cc1ccccc1)N(Cc1ccccc1)C(=O)CSCc1ccccc1. The van der Waals surface area contributed by atoms with Gasteiger partial charge in [-0.05, 0) is 30.0 Å². The molecule has 0 spiro atoms. The first kappa shape index (κ1) is 25.6. The van der Waals surface area contributed by atoms with Gasteiger partial charge in [-0.3, -0.25) is 9.59 Å². The number of amides is 2. The number of hydrogen-bond donors (Lipinski definition) is 1. The molecule has 0 aliphatic heterocycles. The minimum atomic E-state index is -0.582. The number of benzene rings is 3. The molecular weight excluding hydrogens is 440 g/mol. The van der Waals surface area contributed by atoms with Gasteiger partial charge in [0.1, 0.15) is 6.04 Å². The molecular formula is C29H34N2O2S. The van der Waals surface area contributed by atoms with Crippen molar-refractivity contribution in [1.29, 1.82) is 0 Å². The first-order valence-electron chi connectivity index (χ1n) is 11.9. The molecule has 0 aliphatic rings. The second-order valence-electron chi connectivity index (χ2n) is 8.51. The van der Waals surface area contributed by atoms with E-state index in [0.29, 0.717) is 18.7 Å². The van der Waals surface area contributed by atoms with Gasteiger partial charge in [-0.1, -0.05) is 97.9 Å². The summed E-state index contributed by atoms with van der Waals surface area (Å²) >= 11 is 1.58. The Morgan fingerprint density at radius 3 is 1.91 bits per heavy atom. The highest BCUT2D eigenvalue weighted by Gasteiger charge is 2.30. The summed E-state index contributed by atoms with van der Waals surface area (Å²) in [5.74, 6) is 0.957. The first-order valence-corrected chi connectivity index (χ1v) is 13.0. The summed E-state index contributed by atoms with van der Waals surface area (Å²) in [5, 5.41) is 3.11. The highest BCUT2D eigenvalue weighted by atomic mass is 32.2. The maximum atomic E-state index is 13.6. The van der Waals surface area contributed by atoms with Crippen LogP contribution in [-0.4, -0.2) is 34.6 Å². The number of nitrogens with one attached hydrogen (secondary N) is 1. The molecule has 2 atom stereocenters. The van der Waals surface area contributed by atoms with Crippen LogP contribution in [0.3, 0.4) is 0 Å². The number of nitrogens with zero attached hydrogens (tertiary/aromatic N) is 1. The molecule has 0 saturated heterocycles. The normalized spacial score (nSPS) is 12.5.